The molecular formula is C27H28B3N5O3. The summed E-state index contributed by atoms with van der Waals surface area (Å²) in [5.41, 5.74) is 1.88. The van der Waals surface area contributed by atoms with Gasteiger partial charge in [-0.15, -0.1) is 5.10 Å². The van der Waals surface area contributed by atoms with Crippen molar-refractivity contribution in [2.75, 3.05) is 11.9 Å². The third kappa shape index (κ3) is 8.39. The van der Waals surface area contributed by atoms with Crippen LogP contribution < -0.4 is 10.2 Å². The topological polar surface area (TPSA) is 111 Å². The highest BCUT2D eigenvalue weighted by Crippen LogP contribution is 2.26. The van der Waals surface area contributed by atoms with Crippen molar-refractivity contribution in [3.05, 3.63) is 76.9 Å². The second-order valence-corrected chi connectivity index (χ2v) is 9.62. The lowest BCUT2D eigenvalue weighted by Crippen LogP contribution is -2.49. The molecule has 38 heavy (non-hydrogen) atoms. The molecule has 6 radical (unpaired) electrons. The van der Waals surface area contributed by atoms with Crippen molar-refractivity contribution in [3.63, 3.8) is 0 Å². The molecule has 1 atom stereocenters. The third-order valence-corrected chi connectivity index (χ3v) is 5.69. The highest BCUT2D eigenvalue weighted by molar-refractivity contribution is 6.60. The summed E-state index contributed by atoms with van der Waals surface area (Å²) in [4.78, 5) is 30.2. The standard InChI is InChI=1S/C27H28B3N5O3/c1-26(2,38)14-13-19-9-10-20(22(15-19)35(3)27(28,29)30)11-12-21(17-36)31-25(37)24-32-23(33-34-24)16-18-7-5-4-6-8-18/h4-10,15,17,21,38H,11-12,16H2,1-3H3,(H,31,37)(H,32,33,34). The number of benzene rings is 2. The van der Waals surface area contributed by atoms with Crippen molar-refractivity contribution in [1.82, 2.24) is 20.5 Å². The normalized spacial score (nSPS) is 12.2. The third-order valence-electron chi connectivity index (χ3n) is 5.69. The number of nitrogens with one attached hydrogen (secondary N) is 2. The van der Waals surface area contributed by atoms with E-state index in [1.165, 1.54) is 4.90 Å². The predicted molar refractivity (Wildman–Crippen MR) is 149 cm³/mol. The number of aryl methyl sites for hydroxylation is 1. The molecule has 3 N–H and O–H groups in total. The van der Waals surface area contributed by atoms with Crippen LogP contribution in [0.25, 0.3) is 0 Å². The maximum absolute atomic E-state index is 12.7. The van der Waals surface area contributed by atoms with E-state index >= 15 is 0 Å². The number of aromatic amines is 1. The molecule has 0 fully saturated rings. The first-order valence-electron chi connectivity index (χ1n) is 12.1. The Balaban J connectivity index is 1.71. The van der Waals surface area contributed by atoms with Gasteiger partial charge in [-0.3, -0.25) is 9.89 Å². The number of H-pyrrole nitrogens is 1. The van der Waals surface area contributed by atoms with Gasteiger partial charge in [-0.2, -0.15) is 0 Å². The number of carbonyl (C=O) groups excluding carboxylic acids is 2. The molecule has 1 unspecified atom stereocenters. The lowest BCUT2D eigenvalue weighted by atomic mass is 9.48. The molecule has 0 aliphatic rings. The van der Waals surface area contributed by atoms with E-state index in [1.54, 1.807) is 33.0 Å². The second kappa shape index (κ2) is 12.2. The molecule has 1 heterocycles. The number of carbonyl (C=O) groups is 2. The molecule has 2 aromatic carbocycles. The van der Waals surface area contributed by atoms with Gasteiger partial charge in [0.1, 0.15) is 17.7 Å². The van der Waals surface area contributed by atoms with E-state index in [0.717, 1.165) is 11.1 Å². The zero-order valence-electron chi connectivity index (χ0n) is 21.7. The Kier molecular flexibility index (Phi) is 9.24. The van der Waals surface area contributed by atoms with Gasteiger partial charge in [0, 0.05) is 24.7 Å². The van der Waals surface area contributed by atoms with Gasteiger partial charge in [0.05, 0.1) is 29.6 Å². The Morgan fingerprint density at radius 1 is 1.21 bits per heavy atom. The summed E-state index contributed by atoms with van der Waals surface area (Å²) in [5, 5.41) is 17.7. The minimum atomic E-state index is -1.65. The van der Waals surface area contributed by atoms with E-state index < -0.39 is 22.8 Å². The number of anilines is 1. The van der Waals surface area contributed by atoms with Crippen molar-refractivity contribution in [1.29, 1.82) is 0 Å². The summed E-state index contributed by atoms with van der Waals surface area (Å²) in [6, 6.07) is 14.2. The number of nitrogens with zero attached hydrogens (tertiary/aromatic N) is 3. The van der Waals surface area contributed by atoms with Crippen LogP contribution in [-0.4, -0.2) is 79.9 Å². The molecule has 0 aliphatic heterocycles. The van der Waals surface area contributed by atoms with Gasteiger partial charge >= 0.3 is 0 Å². The van der Waals surface area contributed by atoms with Gasteiger partial charge in [0.15, 0.2) is 0 Å². The zero-order chi connectivity index (χ0) is 27.9. The minimum absolute atomic E-state index is 0.0443. The second-order valence-electron chi connectivity index (χ2n) is 9.62. The van der Waals surface area contributed by atoms with Crippen LogP contribution in [-0.2, 0) is 17.6 Å². The lowest BCUT2D eigenvalue weighted by Gasteiger charge is -2.37. The molecule has 8 nitrogen and oxygen atoms in total. The van der Waals surface area contributed by atoms with Crippen molar-refractivity contribution in [2.24, 2.45) is 0 Å². The van der Waals surface area contributed by atoms with Gasteiger partial charge in [0.2, 0.25) is 5.82 Å². The fraction of sp³-hybridized carbons (Fsp3) is 0.333. The van der Waals surface area contributed by atoms with E-state index in [0.29, 0.717) is 42.6 Å². The molecule has 0 saturated heterocycles. The maximum atomic E-state index is 12.7. The molecule has 3 aromatic rings. The van der Waals surface area contributed by atoms with Crippen LogP contribution in [0, 0.1) is 11.8 Å². The quantitative estimate of drug-likeness (QED) is 0.217. The predicted octanol–water partition coefficient (Wildman–Crippen LogP) is 1.00. The largest absolute Gasteiger partial charge is 0.394 e. The van der Waals surface area contributed by atoms with Gasteiger partial charge in [-0.1, -0.05) is 53.5 Å². The fourth-order valence-electron chi connectivity index (χ4n) is 3.58. The van der Waals surface area contributed by atoms with E-state index in [-0.39, 0.29) is 5.82 Å². The molecule has 0 aliphatic carbocycles. The molecule has 1 amide bonds. The van der Waals surface area contributed by atoms with Gasteiger partial charge in [-0.25, -0.2) is 4.98 Å². The number of aldehydes is 1. The van der Waals surface area contributed by atoms with Gasteiger partial charge < -0.3 is 20.1 Å². The van der Waals surface area contributed by atoms with Crippen LogP contribution >= 0.6 is 0 Å². The van der Waals surface area contributed by atoms with Gasteiger partial charge in [0.25, 0.3) is 5.91 Å². The Labute approximate surface area is 227 Å². The van der Waals surface area contributed by atoms with Gasteiger partial charge in [-0.05, 0) is 49.9 Å². The summed E-state index contributed by atoms with van der Waals surface area (Å²) in [6.07, 6.45) is 1.85. The number of rotatable bonds is 10. The molecule has 3 rings (SSSR count). The average molecular weight is 503 g/mol. The number of amides is 1. The maximum Gasteiger partial charge on any atom is 0.291 e. The number of hydrogen-bond acceptors (Lipinski definition) is 6. The first-order valence-corrected chi connectivity index (χ1v) is 12.1. The van der Waals surface area contributed by atoms with E-state index in [2.05, 4.69) is 32.3 Å². The monoisotopic (exact) mass is 503 g/mol. The Morgan fingerprint density at radius 3 is 2.55 bits per heavy atom. The fourth-order valence-corrected chi connectivity index (χ4v) is 3.58. The van der Waals surface area contributed by atoms with Crippen molar-refractivity contribution in [3.8, 4) is 11.8 Å². The van der Waals surface area contributed by atoms with Crippen LogP contribution in [0.4, 0.5) is 5.69 Å². The molecule has 11 heteroatoms. The Hall–Kier alpha value is -3.77. The zero-order valence-corrected chi connectivity index (χ0v) is 21.7. The molecular weight excluding hydrogens is 475 g/mol. The summed E-state index contributed by atoms with van der Waals surface area (Å²) in [5.74, 6) is 5.61. The SMILES string of the molecule is [B]C([B])([B])N(C)c1cc(C#CC(C)(C)O)ccc1CCC(C=O)NC(=O)c1n[nH]c(Cc2ccccc2)n1. The average Bonchev–Trinajstić information content (AvgIpc) is 3.33. The number of hydrogen-bond donors (Lipinski definition) is 3. The van der Waals surface area contributed by atoms with E-state index in [4.69, 9.17) is 23.5 Å². The number of aliphatic hydroxyl groups is 1. The van der Waals surface area contributed by atoms with Crippen LogP contribution in [0.1, 0.15) is 53.4 Å². The molecule has 0 spiro atoms. The summed E-state index contributed by atoms with van der Waals surface area (Å²) >= 11 is 0. The molecule has 188 valence electrons. The first kappa shape index (κ1) is 28.8. The first-order chi connectivity index (χ1) is 17.9. The molecule has 0 saturated carbocycles. The molecule has 0 bridgehead atoms. The molecule has 1 aromatic heterocycles. The summed E-state index contributed by atoms with van der Waals surface area (Å²) in [6.45, 7) is 3.17. The summed E-state index contributed by atoms with van der Waals surface area (Å²) in [7, 11) is 19.4. The number of aromatic nitrogens is 3. The lowest BCUT2D eigenvalue weighted by molar-refractivity contribution is -0.109. The smallest absolute Gasteiger partial charge is 0.291 e. The van der Waals surface area contributed by atoms with Crippen molar-refractivity contribution >= 4 is 41.4 Å². The van der Waals surface area contributed by atoms with E-state index in [1.807, 2.05) is 36.4 Å². The van der Waals surface area contributed by atoms with Crippen LogP contribution in [0.3, 0.4) is 0 Å². The van der Waals surface area contributed by atoms with E-state index in [9.17, 15) is 14.7 Å². The summed E-state index contributed by atoms with van der Waals surface area (Å²) < 4.78 is 0. The van der Waals surface area contributed by atoms with Crippen LogP contribution in [0.5, 0.6) is 0 Å². The Bertz CT molecular complexity index is 1320. The Morgan fingerprint density at radius 2 is 1.92 bits per heavy atom. The van der Waals surface area contributed by atoms with Crippen molar-refractivity contribution in [2.45, 2.75) is 50.0 Å². The van der Waals surface area contributed by atoms with Crippen LogP contribution in [0.2, 0.25) is 0 Å². The van der Waals surface area contributed by atoms with Crippen molar-refractivity contribution < 1.29 is 14.7 Å². The minimum Gasteiger partial charge on any atom is -0.394 e. The highest BCUT2D eigenvalue weighted by Gasteiger charge is 2.21. The van der Waals surface area contributed by atoms with Crippen LogP contribution in [0.15, 0.2) is 48.5 Å². The highest BCUT2D eigenvalue weighted by atomic mass is 16.3.